The van der Waals surface area contributed by atoms with Crippen LogP contribution in [-0.4, -0.2) is 19.7 Å². The Balaban J connectivity index is 1.69. The lowest BCUT2D eigenvalue weighted by Crippen LogP contribution is -2.32. The Kier molecular flexibility index (Phi) is 2.16. The van der Waals surface area contributed by atoms with Crippen molar-refractivity contribution in [3.63, 3.8) is 0 Å². The summed E-state index contributed by atoms with van der Waals surface area (Å²) in [4.78, 5) is 8.60. The van der Waals surface area contributed by atoms with E-state index in [1.54, 1.807) is 34.3 Å². The van der Waals surface area contributed by atoms with Crippen molar-refractivity contribution in [1.29, 1.82) is 0 Å². The number of rotatable bonds is 2. The highest BCUT2D eigenvalue weighted by molar-refractivity contribution is 7.09. The second-order valence-electron chi connectivity index (χ2n) is 4.13. The molecule has 1 aromatic carbocycles. The molecule has 3 heterocycles. The zero-order chi connectivity index (χ0) is 12.8. The van der Waals surface area contributed by atoms with Gasteiger partial charge in [0, 0.05) is 17.1 Å². The number of nitrogens with one attached hydrogen (secondary N) is 1. The van der Waals surface area contributed by atoms with E-state index in [4.69, 9.17) is 0 Å². The molecular formula is C12H8FN5S. The fraction of sp³-hybridized carbons (Fsp3) is 0.0833. The van der Waals surface area contributed by atoms with Crippen molar-refractivity contribution in [3.8, 4) is 11.4 Å². The fourth-order valence-electron chi connectivity index (χ4n) is 1.98. The van der Waals surface area contributed by atoms with E-state index >= 15 is 0 Å². The van der Waals surface area contributed by atoms with Gasteiger partial charge in [-0.05, 0) is 24.3 Å². The van der Waals surface area contributed by atoms with Crippen molar-refractivity contribution in [2.24, 2.45) is 0 Å². The molecule has 0 saturated carbocycles. The molecule has 0 fully saturated rings. The molecule has 1 N–H and O–H groups in total. The van der Waals surface area contributed by atoms with Gasteiger partial charge < -0.3 is 5.32 Å². The van der Waals surface area contributed by atoms with Crippen LogP contribution in [0.25, 0.3) is 11.4 Å². The van der Waals surface area contributed by atoms with Crippen LogP contribution in [0.15, 0.2) is 35.8 Å². The third kappa shape index (κ3) is 1.62. The van der Waals surface area contributed by atoms with Crippen molar-refractivity contribution >= 4 is 17.3 Å². The molecule has 7 heteroatoms. The SMILES string of the molecule is Fc1ccc(-c2nc3n(n2)C(c2nccs2)N3)cc1. The zero-order valence-electron chi connectivity index (χ0n) is 9.62. The van der Waals surface area contributed by atoms with Crippen LogP contribution >= 0.6 is 11.3 Å². The average molecular weight is 273 g/mol. The highest BCUT2D eigenvalue weighted by atomic mass is 32.1. The van der Waals surface area contributed by atoms with Gasteiger partial charge in [-0.3, -0.25) is 0 Å². The average Bonchev–Trinajstić information content (AvgIpc) is 3.01. The van der Waals surface area contributed by atoms with Crippen LogP contribution in [0.2, 0.25) is 0 Å². The number of hydrogen-bond donors (Lipinski definition) is 1. The Morgan fingerprint density at radius 2 is 2.11 bits per heavy atom. The highest BCUT2D eigenvalue weighted by Crippen LogP contribution is 2.33. The Morgan fingerprint density at radius 3 is 2.84 bits per heavy atom. The molecule has 1 atom stereocenters. The first-order valence-corrected chi connectivity index (χ1v) is 6.57. The van der Waals surface area contributed by atoms with Crippen LogP contribution in [0, 0.1) is 5.82 Å². The molecule has 0 bridgehead atoms. The first-order valence-electron chi connectivity index (χ1n) is 5.70. The lowest BCUT2D eigenvalue weighted by atomic mass is 10.2. The second-order valence-corrected chi connectivity index (χ2v) is 5.05. The summed E-state index contributed by atoms with van der Waals surface area (Å²) < 4.78 is 14.7. The molecular weight excluding hydrogens is 265 g/mol. The fourth-order valence-corrected chi connectivity index (χ4v) is 2.65. The van der Waals surface area contributed by atoms with Gasteiger partial charge in [0.2, 0.25) is 5.95 Å². The number of thiazole rings is 1. The maximum absolute atomic E-state index is 12.9. The predicted octanol–water partition coefficient (Wildman–Crippen LogP) is 2.51. The lowest BCUT2D eigenvalue weighted by Gasteiger charge is -2.26. The highest BCUT2D eigenvalue weighted by Gasteiger charge is 2.32. The molecule has 0 amide bonds. The molecule has 0 saturated heterocycles. The first-order chi connectivity index (χ1) is 9.31. The largest absolute Gasteiger partial charge is 0.327 e. The van der Waals surface area contributed by atoms with Crippen LogP contribution in [-0.2, 0) is 0 Å². The van der Waals surface area contributed by atoms with E-state index in [9.17, 15) is 4.39 Å². The topological polar surface area (TPSA) is 55.6 Å². The standard InChI is InChI=1S/C12H8FN5S/c13-8-3-1-7(2-4-8)9-15-12-16-10(18(12)17-9)11-14-5-6-19-11/h1-6,10H,(H,15,16,17). The predicted molar refractivity (Wildman–Crippen MR) is 69.3 cm³/mol. The van der Waals surface area contributed by atoms with Gasteiger partial charge >= 0.3 is 0 Å². The van der Waals surface area contributed by atoms with Gasteiger partial charge in [-0.2, -0.15) is 4.98 Å². The van der Waals surface area contributed by atoms with Gasteiger partial charge in [-0.15, -0.1) is 16.4 Å². The van der Waals surface area contributed by atoms with Crippen molar-refractivity contribution in [2.75, 3.05) is 5.32 Å². The lowest BCUT2D eigenvalue weighted by molar-refractivity contribution is 0.508. The Bertz CT molecular complexity index is 719. The summed E-state index contributed by atoms with van der Waals surface area (Å²) in [5.74, 6) is 1.03. The van der Waals surface area contributed by atoms with Crippen LogP contribution in [0.4, 0.5) is 10.3 Å². The van der Waals surface area contributed by atoms with Crippen molar-refractivity contribution in [3.05, 3.63) is 46.7 Å². The number of halogens is 1. The summed E-state index contributed by atoms with van der Waals surface area (Å²) in [5.41, 5.74) is 0.794. The molecule has 0 aliphatic carbocycles. The van der Waals surface area contributed by atoms with Crippen LogP contribution in [0.5, 0.6) is 0 Å². The first kappa shape index (κ1) is 10.6. The molecule has 1 aliphatic rings. The molecule has 0 radical (unpaired) electrons. The summed E-state index contributed by atoms with van der Waals surface area (Å²) in [6, 6.07) is 6.14. The summed E-state index contributed by atoms with van der Waals surface area (Å²) in [7, 11) is 0. The molecule has 0 spiro atoms. The molecule has 2 aromatic heterocycles. The molecule has 94 valence electrons. The van der Waals surface area contributed by atoms with E-state index in [2.05, 4.69) is 20.4 Å². The van der Waals surface area contributed by atoms with E-state index in [0.29, 0.717) is 11.8 Å². The van der Waals surface area contributed by atoms with Gasteiger partial charge in [0.05, 0.1) is 0 Å². The molecule has 1 unspecified atom stereocenters. The smallest absolute Gasteiger partial charge is 0.226 e. The number of anilines is 1. The summed E-state index contributed by atoms with van der Waals surface area (Å²) in [6.07, 6.45) is 1.72. The quantitative estimate of drug-likeness (QED) is 0.779. The Hall–Kier alpha value is -2.28. The maximum atomic E-state index is 12.9. The van der Waals surface area contributed by atoms with Crippen LogP contribution in [0.1, 0.15) is 11.2 Å². The van der Waals surface area contributed by atoms with Crippen LogP contribution in [0.3, 0.4) is 0 Å². The Morgan fingerprint density at radius 1 is 1.26 bits per heavy atom. The van der Waals surface area contributed by atoms with E-state index in [1.165, 1.54) is 12.1 Å². The van der Waals surface area contributed by atoms with E-state index in [1.807, 2.05) is 5.38 Å². The number of benzene rings is 1. The van der Waals surface area contributed by atoms with Gasteiger partial charge in [0.25, 0.3) is 0 Å². The van der Waals surface area contributed by atoms with Gasteiger partial charge in [-0.25, -0.2) is 14.1 Å². The minimum Gasteiger partial charge on any atom is -0.327 e. The maximum Gasteiger partial charge on any atom is 0.226 e. The minimum atomic E-state index is -0.267. The minimum absolute atomic E-state index is 0.0447. The number of hydrogen-bond acceptors (Lipinski definition) is 5. The van der Waals surface area contributed by atoms with Crippen LogP contribution < -0.4 is 5.32 Å². The third-order valence-electron chi connectivity index (χ3n) is 2.93. The van der Waals surface area contributed by atoms with E-state index in [-0.39, 0.29) is 12.0 Å². The summed E-state index contributed by atoms with van der Waals surface area (Å²) >= 11 is 1.57. The van der Waals surface area contributed by atoms with Crippen molar-refractivity contribution < 1.29 is 4.39 Å². The van der Waals surface area contributed by atoms with Crippen molar-refractivity contribution in [1.82, 2.24) is 19.7 Å². The summed E-state index contributed by atoms with van der Waals surface area (Å²) in [6.45, 7) is 0. The van der Waals surface area contributed by atoms with E-state index in [0.717, 1.165) is 10.6 Å². The zero-order valence-corrected chi connectivity index (χ0v) is 10.4. The number of aromatic nitrogens is 4. The third-order valence-corrected chi connectivity index (χ3v) is 3.76. The molecule has 4 rings (SSSR count). The van der Waals surface area contributed by atoms with Gasteiger partial charge in [0.1, 0.15) is 10.8 Å². The summed E-state index contributed by atoms with van der Waals surface area (Å²) in [5, 5.41) is 10.5. The van der Waals surface area contributed by atoms with E-state index < -0.39 is 0 Å². The van der Waals surface area contributed by atoms with Gasteiger partial charge in [-0.1, -0.05) is 0 Å². The number of nitrogens with zero attached hydrogens (tertiary/aromatic N) is 4. The van der Waals surface area contributed by atoms with Gasteiger partial charge in [0.15, 0.2) is 12.0 Å². The normalized spacial score (nSPS) is 16.6. The second kappa shape index (κ2) is 3.86. The number of fused-ring (bicyclic) bond motifs is 1. The monoisotopic (exact) mass is 273 g/mol. The Labute approximate surface area is 111 Å². The molecule has 3 aromatic rings. The van der Waals surface area contributed by atoms with Crippen molar-refractivity contribution in [2.45, 2.75) is 6.17 Å². The molecule has 5 nitrogen and oxygen atoms in total. The molecule has 19 heavy (non-hydrogen) atoms. The molecule has 1 aliphatic heterocycles.